The molecule has 2 aromatic carbocycles. The summed E-state index contributed by atoms with van der Waals surface area (Å²) < 4.78 is 22.7. The lowest BCUT2D eigenvalue weighted by Crippen LogP contribution is -2.33. The van der Waals surface area contributed by atoms with Gasteiger partial charge in [0.15, 0.2) is 0 Å². The average molecular weight is 359 g/mol. The third-order valence-electron chi connectivity index (χ3n) is 4.31. The minimum absolute atomic E-state index is 0.0158. The van der Waals surface area contributed by atoms with Crippen molar-refractivity contribution in [2.24, 2.45) is 5.14 Å². The Hall–Kier alpha value is -2.22. The number of hydrogen-bond donors (Lipinski definition) is 2. The van der Waals surface area contributed by atoms with Gasteiger partial charge in [0.2, 0.25) is 15.9 Å². The molecule has 0 unspecified atom stereocenters. The molecule has 3 rings (SSSR count). The number of fused-ring (bicyclic) bond motifs is 1. The number of nitrogens with one attached hydrogen (secondary N) is 1. The lowest BCUT2D eigenvalue weighted by Gasteiger charge is -2.28. The van der Waals surface area contributed by atoms with E-state index in [2.05, 4.69) is 28.4 Å². The monoisotopic (exact) mass is 359 g/mol. The van der Waals surface area contributed by atoms with Crippen LogP contribution in [0.5, 0.6) is 0 Å². The molecule has 0 spiro atoms. The van der Waals surface area contributed by atoms with E-state index in [0.717, 1.165) is 19.5 Å². The first-order chi connectivity index (χ1) is 11.9. The summed E-state index contributed by atoms with van der Waals surface area (Å²) in [6.45, 7) is 2.45. The molecule has 25 heavy (non-hydrogen) atoms. The van der Waals surface area contributed by atoms with E-state index < -0.39 is 10.0 Å². The number of benzene rings is 2. The number of hydrogen-bond acceptors (Lipinski definition) is 4. The largest absolute Gasteiger partial charge is 0.326 e. The summed E-state index contributed by atoms with van der Waals surface area (Å²) in [4.78, 5) is 14.4. The highest BCUT2D eigenvalue weighted by Crippen LogP contribution is 2.19. The second kappa shape index (κ2) is 7.35. The molecule has 0 radical (unpaired) electrons. The van der Waals surface area contributed by atoms with Crippen LogP contribution in [0.1, 0.15) is 17.5 Å². The van der Waals surface area contributed by atoms with E-state index in [0.29, 0.717) is 18.7 Å². The van der Waals surface area contributed by atoms with Crippen molar-refractivity contribution in [3.05, 3.63) is 59.7 Å². The fourth-order valence-electron chi connectivity index (χ4n) is 2.98. The number of sulfonamides is 1. The summed E-state index contributed by atoms with van der Waals surface area (Å²) in [6, 6.07) is 14.3. The maximum Gasteiger partial charge on any atom is 0.238 e. The van der Waals surface area contributed by atoms with Crippen molar-refractivity contribution in [3.8, 4) is 0 Å². The smallest absolute Gasteiger partial charge is 0.238 e. The van der Waals surface area contributed by atoms with Gasteiger partial charge in [-0.05, 0) is 35.7 Å². The topological polar surface area (TPSA) is 92.5 Å². The van der Waals surface area contributed by atoms with Crippen LogP contribution in [0.3, 0.4) is 0 Å². The van der Waals surface area contributed by atoms with E-state index in [9.17, 15) is 13.2 Å². The number of carbonyl (C=O) groups is 1. The van der Waals surface area contributed by atoms with E-state index in [1.54, 1.807) is 12.1 Å². The Bertz CT molecular complexity index is 881. The van der Waals surface area contributed by atoms with E-state index in [1.807, 2.05) is 6.07 Å². The first kappa shape index (κ1) is 17.6. The van der Waals surface area contributed by atoms with E-state index in [4.69, 9.17) is 5.14 Å². The fraction of sp³-hybridized carbons (Fsp3) is 0.278. The highest BCUT2D eigenvalue weighted by atomic mass is 32.2. The summed E-state index contributed by atoms with van der Waals surface area (Å²) in [5.41, 5.74) is 3.12. The van der Waals surface area contributed by atoms with Crippen molar-refractivity contribution in [1.82, 2.24) is 4.90 Å². The Morgan fingerprint density at radius 3 is 2.64 bits per heavy atom. The molecule has 0 bridgehead atoms. The predicted molar refractivity (Wildman–Crippen MR) is 96.5 cm³/mol. The minimum Gasteiger partial charge on any atom is -0.326 e. The van der Waals surface area contributed by atoms with Crippen LogP contribution in [0.4, 0.5) is 5.69 Å². The Balaban J connectivity index is 1.54. The van der Waals surface area contributed by atoms with Gasteiger partial charge >= 0.3 is 0 Å². The van der Waals surface area contributed by atoms with Crippen molar-refractivity contribution in [1.29, 1.82) is 0 Å². The van der Waals surface area contributed by atoms with Gasteiger partial charge < -0.3 is 5.32 Å². The lowest BCUT2D eigenvalue weighted by molar-refractivity contribution is -0.116. The summed E-state index contributed by atoms with van der Waals surface area (Å²) in [6.07, 6.45) is 1.34. The predicted octanol–water partition coefficient (Wildman–Crippen LogP) is 1.72. The molecule has 0 atom stereocenters. The number of primary sulfonamides is 1. The molecule has 0 fully saturated rings. The molecular formula is C18H21N3O3S. The molecule has 1 heterocycles. The first-order valence-corrected chi connectivity index (χ1v) is 9.68. The summed E-state index contributed by atoms with van der Waals surface area (Å²) in [5, 5.41) is 7.83. The zero-order valence-electron chi connectivity index (χ0n) is 13.8. The van der Waals surface area contributed by atoms with Gasteiger partial charge in [0.1, 0.15) is 0 Å². The summed E-state index contributed by atoms with van der Waals surface area (Å²) >= 11 is 0. The maximum atomic E-state index is 12.1. The van der Waals surface area contributed by atoms with Gasteiger partial charge in [-0.3, -0.25) is 9.69 Å². The normalized spacial score (nSPS) is 14.8. The van der Waals surface area contributed by atoms with Gasteiger partial charge in [0.05, 0.1) is 4.90 Å². The second-order valence-electron chi connectivity index (χ2n) is 6.17. The SMILES string of the molecule is NS(=O)(=O)c1cccc(NC(=O)CCN2CCc3ccccc3C2)c1. The Morgan fingerprint density at radius 1 is 1.12 bits per heavy atom. The molecule has 1 amide bonds. The van der Waals surface area contributed by atoms with Gasteiger partial charge in [0, 0.05) is 31.7 Å². The lowest BCUT2D eigenvalue weighted by atomic mass is 10.00. The summed E-state index contributed by atoms with van der Waals surface area (Å²) in [5.74, 6) is -0.148. The van der Waals surface area contributed by atoms with Crippen LogP contribution in [0, 0.1) is 0 Å². The number of rotatable bonds is 5. The van der Waals surface area contributed by atoms with E-state index in [-0.39, 0.29) is 10.8 Å². The van der Waals surface area contributed by atoms with Gasteiger partial charge in [0.25, 0.3) is 0 Å². The van der Waals surface area contributed by atoms with Crippen LogP contribution < -0.4 is 10.5 Å². The average Bonchev–Trinajstić information content (AvgIpc) is 2.59. The number of nitrogens with zero attached hydrogens (tertiary/aromatic N) is 1. The second-order valence-corrected chi connectivity index (χ2v) is 7.73. The molecule has 2 aromatic rings. The number of carbonyl (C=O) groups excluding carboxylic acids is 1. The molecule has 1 aliphatic rings. The van der Waals surface area contributed by atoms with Crippen LogP contribution in [0.15, 0.2) is 53.4 Å². The van der Waals surface area contributed by atoms with Gasteiger partial charge in [-0.25, -0.2) is 13.6 Å². The zero-order valence-corrected chi connectivity index (χ0v) is 14.6. The quantitative estimate of drug-likeness (QED) is 0.850. The van der Waals surface area contributed by atoms with Crippen molar-refractivity contribution in [2.75, 3.05) is 18.4 Å². The van der Waals surface area contributed by atoms with E-state index in [1.165, 1.54) is 23.3 Å². The van der Waals surface area contributed by atoms with Crippen LogP contribution in [0.2, 0.25) is 0 Å². The third-order valence-corrected chi connectivity index (χ3v) is 5.22. The van der Waals surface area contributed by atoms with Crippen molar-refractivity contribution < 1.29 is 13.2 Å². The summed E-state index contributed by atoms with van der Waals surface area (Å²) in [7, 11) is -3.78. The standard InChI is InChI=1S/C18H21N3O3S/c19-25(23,24)17-7-3-6-16(12-17)20-18(22)9-11-21-10-8-14-4-1-2-5-15(14)13-21/h1-7,12H,8-11,13H2,(H,20,22)(H2,19,23,24). The van der Waals surface area contributed by atoms with Crippen molar-refractivity contribution in [3.63, 3.8) is 0 Å². The highest BCUT2D eigenvalue weighted by molar-refractivity contribution is 7.89. The maximum absolute atomic E-state index is 12.1. The Morgan fingerprint density at radius 2 is 1.88 bits per heavy atom. The molecule has 0 saturated carbocycles. The molecule has 1 aliphatic heterocycles. The van der Waals surface area contributed by atoms with Crippen LogP contribution in [-0.4, -0.2) is 32.3 Å². The number of anilines is 1. The fourth-order valence-corrected chi connectivity index (χ4v) is 3.54. The van der Waals surface area contributed by atoms with Gasteiger partial charge in [-0.15, -0.1) is 0 Å². The first-order valence-electron chi connectivity index (χ1n) is 8.14. The van der Waals surface area contributed by atoms with E-state index >= 15 is 0 Å². The van der Waals surface area contributed by atoms with Crippen molar-refractivity contribution >= 4 is 21.6 Å². The van der Waals surface area contributed by atoms with Crippen LogP contribution >= 0.6 is 0 Å². The van der Waals surface area contributed by atoms with Gasteiger partial charge in [-0.2, -0.15) is 0 Å². The highest BCUT2D eigenvalue weighted by Gasteiger charge is 2.16. The zero-order chi connectivity index (χ0) is 17.9. The number of nitrogens with two attached hydrogens (primary N) is 1. The Labute approximate surface area is 147 Å². The molecule has 0 aromatic heterocycles. The molecule has 3 N–H and O–H groups in total. The van der Waals surface area contributed by atoms with Crippen LogP contribution in [-0.2, 0) is 27.8 Å². The van der Waals surface area contributed by atoms with Crippen molar-refractivity contribution in [2.45, 2.75) is 24.3 Å². The molecule has 0 saturated heterocycles. The minimum atomic E-state index is -3.78. The number of amides is 1. The molecule has 7 heteroatoms. The molecule has 0 aliphatic carbocycles. The van der Waals surface area contributed by atoms with Gasteiger partial charge in [-0.1, -0.05) is 30.3 Å². The van der Waals surface area contributed by atoms with Crippen LogP contribution in [0.25, 0.3) is 0 Å². The molecule has 132 valence electrons. The third kappa shape index (κ3) is 4.66. The molecule has 6 nitrogen and oxygen atoms in total. The Kier molecular flexibility index (Phi) is 5.17. The molecular weight excluding hydrogens is 338 g/mol.